The number of hydrogen-bond donors (Lipinski definition) is 2. The third-order valence-corrected chi connectivity index (χ3v) is 5.34. The van der Waals surface area contributed by atoms with E-state index in [9.17, 15) is 4.79 Å². The summed E-state index contributed by atoms with van der Waals surface area (Å²) in [5, 5.41) is 10.9. The fraction of sp³-hybridized carbons (Fsp3) is 0.471. The molecular formula is C17H20Cl2N4O2. The van der Waals surface area contributed by atoms with Gasteiger partial charge in [0.25, 0.3) is 0 Å². The van der Waals surface area contributed by atoms with Gasteiger partial charge in [-0.05, 0) is 62.0 Å². The lowest BCUT2D eigenvalue weighted by Crippen LogP contribution is -2.33. The Hall–Kier alpha value is -1.63. The van der Waals surface area contributed by atoms with Crippen LogP contribution in [0.1, 0.15) is 25.2 Å². The number of carbonyl (C=O) groups is 1. The number of rotatable bonds is 4. The first kappa shape index (κ1) is 18.2. The van der Waals surface area contributed by atoms with Crippen molar-refractivity contribution in [2.45, 2.75) is 25.8 Å². The van der Waals surface area contributed by atoms with Crippen molar-refractivity contribution >= 4 is 29.9 Å². The SMILES string of the molecule is Cl.O=C(NCc1nc(-c2ccc(Cl)cc2)no1)C1CC12CCNCC2. The summed E-state index contributed by atoms with van der Waals surface area (Å²) in [6.45, 7) is 2.29. The Kier molecular flexibility index (Phi) is 5.32. The highest BCUT2D eigenvalue weighted by atomic mass is 35.5. The number of carbonyl (C=O) groups excluding carboxylic acids is 1. The second kappa shape index (κ2) is 7.32. The summed E-state index contributed by atoms with van der Waals surface area (Å²) in [5.74, 6) is 1.15. The van der Waals surface area contributed by atoms with Crippen LogP contribution in [0.3, 0.4) is 0 Å². The molecule has 8 heteroatoms. The molecule has 1 aliphatic heterocycles. The van der Waals surface area contributed by atoms with Gasteiger partial charge in [-0.2, -0.15) is 4.98 Å². The van der Waals surface area contributed by atoms with Crippen LogP contribution in [-0.4, -0.2) is 29.1 Å². The maximum absolute atomic E-state index is 12.3. The molecule has 1 amide bonds. The molecule has 6 nitrogen and oxygen atoms in total. The second-order valence-corrected chi connectivity index (χ2v) is 7.04. The van der Waals surface area contributed by atoms with Gasteiger partial charge in [-0.3, -0.25) is 4.79 Å². The number of nitrogens with zero attached hydrogens (tertiary/aromatic N) is 2. The first-order valence-electron chi connectivity index (χ1n) is 8.23. The molecular weight excluding hydrogens is 363 g/mol. The number of aromatic nitrogens is 2. The van der Waals surface area contributed by atoms with E-state index in [1.807, 2.05) is 12.1 Å². The predicted octanol–water partition coefficient (Wildman–Crippen LogP) is 2.82. The van der Waals surface area contributed by atoms with E-state index >= 15 is 0 Å². The van der Waals surface area contributed by atoms with Gasteiger partial charge in [0, 0.05) is 16.5 Å². The van der Waals surface area contributed by atoms with E-state index in [2.05, 4.69) is 20.8 Å². The molecule has 1 saturated carbocycles. The Labute approximate surface area is 157 Å². The van der Waals surface area contributed by atoms with E-state index in [-0.39, 0.29) is 36.2 Å². The fourth-order valence-electron chi connectivity index (χ4n) is 3.52. The normalized spacial score (nSPS) is 20.8. The minimum Gasteiger partial charge on any atom is -0.347 e. The summed E-state index contributed by atoms with van der Waals surface area (Å²) in [7, 11) is 0. The van der Waals surface area contributed by atoms with Gasteiger partial charge in [0.2, 0.25) is 17.6 Å². The van der Waals surface area contributed by atoms with Crippen LogP contribution in [0.2, 0.25) is 5.02 Å². The molecule has 2 heterocycles. The molecule has 2 fully saturated rings. The van der Waals surface area contributed by atoms with Crippen LogP contribution in [0.15, 0.2) is 28.8 Å². The van der Waals surface area contributed by atoms with Crippen molar-refractivity contribution in [1.82, 2.24) is 20.8 Å². The third kappa shape index (κ3) is 3.81. The van der Waals surface area contributed by atoms with Crippen molar-refractivity contribution in [1.29, 1.82) is 0 Å². The van der Waals surface area contributed by atoms with Gasteiger partial charge in [-0.1, -0.05) is 16.8 Å². The second-order valence-electron chi connectivity index (χ2n) is 6.61. The van der Waals surface area contributed by atoms with Crippen molar-refractivity contribution in [3.05, 3.63) is 35.2 Å². The minimum absolute atomic E-state index is 0. The zero-order valence-electron chi connectivity index (χ0n) is 13.6. The number of piperidine rings is 1. The van der Waals surface area contributed by atoms with Gasteiger partial charge < -0.3 is 15.2 Å². The van der Waals surface area contributed by atoms with Crippen molar-refractivity contribution < 1.29 is 9.32 Å². The van der Waals surface area contributed by atoms with E-state index in [0.717, 1.165) is 37.9 Å². The summed E-state index contributed by atoms with van der Waals surface area (Å²) in [4.78, 5) is 16.7. The maximum Gasteiger partial charge on any atom is 0.246 e. The summed E-state index contributed by atoms with van der Waals surface area (Å²) >= 11 is 5.87. The molecule has 2 N–H and O–H groups in total. The van der Waals surface area contributed by atoms with Crippen LogP contribution in [0.25, 0.3) is 11.4 Å². The molecule has 1 unspecified atom stereocenters. The van der Waals surface area contributed by atoms with Crippen LogP contribution >= 0.6 is 24.0 Å². The van der Waals surface area contributed by atoms with Crippen molar-refractivity contribution in [2.24, 2.45) is 11.3 Å². The molecule has 25 heavy (non-hydrogen) atoms. The lowest BCUT2D eigenvalue weighted by atomic mass is 9.92. The number of nitrogens with one attached hydrogen (secondary N) is 2. The third-order valence-electron chi connectivity index (χ3n) is 5.09. The zero-order valence-corrected chi connectivity index (χ0v) is 15.2. The largest absolute Gasteiger partial charge is 0.347 e. The fourth-order valence-corrected chi connectivity index (χ4v) is 3.65. The van der Waals surface area contributed by atoms with E-state index in [1.165, 1.54) is 0 Å². The Bertz CT molecular complexity index is 741. The first-order chi connectivity index (χ1) is 11.7. The van der Waals surface area contributed by atoms with E-state index < -0.39 is 0 Å². The Morgan fingerprint density at radius 1 is 1.32 bits per heavy atom. The molecule has 4 rings (SSSR count). The van der Waals surface area contributed by atoms with Gasteiger partial charge in [-0.25, -0.2) is 0 Å². The van der Waals surface area contributed by atoms with Gasteiger partial charge in [0.1, 0.15) is 0 Å². The predicted molar refractivity (Wildman–Crippen MR) is 96.5 cm³/mol. The Morgan fingerprint density at radius 2 is 2.04 bits per heavy atom. The smallest absolute Gasteiger partial charge is 0.246 e. The molecule has 1 aromatic carbocycles. The van der Waals surface area contributed by atoms with Gasteiger partial charge in [0.15, 0.2) is 0 Å². The summed E-state index contributed by atoms with van der Waals surface area (Å²) in [5.41, 5.74) is 1.06. The van der Waals surface area contributed by atoms with E-state index in [4.69, 9.17) is 16.1 Å². The van der Waals surface area contributed by atoms with Crippen LogP contribution < -0.4 is 10.6 Å². The van der Waals surface area contributed by atoms with E-state index in [0.29, 0.717) is 16.7 Å². The van der Waals surface area contributed by atoms with Crippen molar-refractivity contribution in [3.63, 3.8) is 0 Å². The molecule has 2 aliphatic rings. The number of amides is 1. The Morgan fingerprint density at radius 3 is 2.76 bits per heavy atom. The zero-order chi connectivity index (χ0) is 16.6. The molecule has 0 radical (unpaired) electrons. The molecule has 1 aliphatic carbocycles. The summed E-state index contributed by atoms with van der Waals surface area (Å²) in [6.07, 6.45) is 3.18. The molecule has 1 spiro atoms. The number of halogens is 2. The van der Waals surface area contributed by atoms with E-state index in [1.54, 1.807) is 12.1 Å². The molecule has 0 bridgehead atoms. The summed E-state index contributed by atoms with van der Waals surface area (Å²) in [6, 6.07) is 7.22. The average Bonchev–Trinajstić information content (AvgIpc) is 3.07. The van der Waals surface area contributed by atoms with Crippen molar-refractivity contribution in [2.75, 3.05) is 13.1 Å². The quantitative estimate of drug-likeness (QED) is 0.849. The highest BCUT2D eigenvalue weighted by molar-refractivity contribution is 6.30. The molecule has 2 aromatic rings. The Balaban J connectivity index is 0.00000182. The molecule has 1 saturated heterocycles. The minimum atomic E-state index is 0. The highest BCUT2D eigenvalue weighted by Gasteiger charge is 2.57. The number of benzene rings is 1. The average molecular weight is 383 g/mol. The van der Waals surface area contributed by atoms with Gasteiger partial charge in [0.05, 0.1) is 6.54 Å². The lowest BCUT2D eigenvalue weighted by Gasteiger charge is -2.23. The number of hydrogen-bond acceptors (Lipinski definition) is 5. The maximum atomic E-state index is 12.3. The lowest BCUT2D eigenvalue weighted by molar-refractivity contribution is -0.123. The van der Waals surface area contributed by atoms with Crippen LogP contribution in [0, 0.1) is 11.3 Å². The topological polar surface area (TPSA) is 80.1 Å². The molecule has 1 aromatic heterocycles. The first-order valence-corrected chi connectivity index (χ1v) is 8.61. The van der Waals surface area contributed by atoms with Gasteiger partial charge >= 0.3 is 0 Å². The molecule has 1 atom stereocenters. The monoisotopic (exact) mass is 382 g/mol. The van der Waals surface area contributed by atoms with Crippen LogP contribution in [0.4, 0.5) is 0 Å². The standard InChI is InChI=1S/C17H19ClN4O2.ClH/c18-12-3-1-11(2-4-12)15-21-14(24-22-15)10-20-16(23)13-9-17(13)5-7-19-8-6-17;/h1-4,13,19H,5-10H2,(H,20,23);1H. The van der Waals surface area contributed by atoms with Crippen LogP contribution in [-0.2, 0) is 11.3 Å². The van der Waals surface area contributed by atoms with Gasteiger partial charge in [-0.15, -0.1) is 12.4 Å². The van der Waals surface area contributed by atoms with Crippen molar-refractivity contribution in [3.8, 4) is 11.4 Å². The van der Waals surface area contributed by atoms with Crippen LogP contribution in [0.5, 0.6) is 0 Å². The highest BCUT2D eigenvalue weighted by Crippen LogP contribution is 2.58. The summed E-state index contributed by atoms with van der Waals surface area (Å²) < 4.78 is 5.22. The molecule has 134 valence electrons.